The van der Waals surface area contributed by atoms with Crippen LogP contribution in [-0.4, -0.2) is 36.1 Å². The number of carbonyl (C=O) groups excluding carboxylic acids is 1. The molecule has 0 saturated carbocycles. The Kier molecular flexibility index (Phi) is 7.56. The minimum absolute atomic E-state index is 0.0830. The number of hydrogen-bond acceptors (Lipinski definition) is 6. The Hall–Kier alpha value is -2.87. The van der Waals surface area contributed by atoms with Crippen LogP contribution < -0.4 is 11.1 Å². The van der Waals surface area contributed by atoms with Crippen LogP contribution in [-0.2, 0) is 16.1 Å². The minimum Gasteiger partial charge on any atom is -0.469 e. The maximum absolute atomic E-state index is 15.3. The largest absolute Gasteiger partial charge is 0.469 e. The summed E-state index contributed by atoms with van der Waals surface area (Å²) in [6, 6.07) is 12.4. The van der Waals surface area contributed by atoms with Gasteiger partial charge in [0.25, 0.3) is 0 Å². The van der Waals surface area contributed by atoms with Crippen molar-refractivity contribution in [2.75, 3.05) is 31.2 Å². The molecule has 1 aliphatic heterocycles. The SMILES string of the molecule is COC(=O)C1CCN(Cc2ccnc(Nc3cccc(-c4cccc(N)c4Cl)c3Cl)c2F)CC1. The van der Waals surface area contributed by atoms with Crippen molar-refractivity contribution in [1.82, 2.24) is 9.88 Å². The van der Waals surface area contributed by atoms with Crippen molar-refractivity contribution >= 4 is 46.4 Å². The molecule has 0 unspecified atom stereocenters. The third-order valence-corrected chi connectivity index (χ3v) is 6.88. The molecule has 0 aliphatic carbocycles. The summed E-state index contributed by atoms with van der Waals surface area (Å²) in [6.07, 6.45) is 2.95. The third-order valence-electron chi connectivity index (χ3n) is 6.06. The second-order valence-corrected chi connectivity index (χ2v) is 8.96. The summed E-state index contributed by atoms with van der Waals surface area (Å²) in [5, 5.41) is 3.81. The van der Waals surface area contributed by atoms with Gasteiger partial charge >= 0.3 is 5.97 Å². The van der Waals surface area contributed by atoms with Crippen molar-refractivity contribution in [1.29, 1.82) is 0 Å². The average Bonchev–Trinajstić information content (AvgIpc) is 2.85. The Balaban J connectivity index is 1.52. The maximum atomic E-state index is 15.3. The molecule has 178 valence electrons. The monoisotopic (exact) mass is 502 g/mol. The van der Waals surface area contributed by atoms with E-state index in [1.807, 2.05) is 12.1 Å². The van der Waals surface area contributed by atoms with Crippen molar-refractivity contribution in [2.45, 2.75) is 19.4 Å². The van der Waals surface area contributed by atoms with Crippen molar-refractivity contribution in [3.05, 3.63) is 70.1 Å². The van der Waals surface area contributed by atoms with E-state index in [0.717, 1.165) is 0 Å². The lowest BCUT2D eigenvalue weighted by Crippen LogP contribution is -2.36. The number of hydrogen-bond donors (Lipinski definition) is 2. The van der Waals surface area contributed by atoms with Gasteiger partial charge in [-0.05, 0) is 44.1 Å². The van der Waals surface area contributed by atoms with Gasteiger partial charge in [-0.1, -0.05) is 47.5 Å². The summed E-state index contributed by atoms with van der Waals surface area (Å²) in [6.45, 7) is 1.81. The van der Waals surface area contributed by atoms with E-state index in [2.05, 4.69) is 15.2 Å². The van der Waals surface area contributed by atoms with Gasteiger partial charge in [0, 0.05) is 29.4 Å². The van der Waals surface area contributed by atoms with Crippen LogP contribution in [0.5, 0.6) is 0 Å². The Labute approximate surface area is 207 Å². The van der Waals surface area contributed by atoms with Crippen LogP contribution in [0.2, 0.25) is 10.0 Å². The lowest BCUT2D eigenvalue weighted by molar-refractivity contribution is -0.147. The second-order valence-electron chi connectivity index (χ2n) is 8.21. The number of halogens is 3. The van der Waals surface area contributed by atoms with Crippen LogP contribution in [0.4, 0.5) is 21.6 Å². The predicted molar refractivity (Wildman–Crippen MR) is 134 cm³/mol. The lowest BCUT2D eigenvalue weighted by Gasteiger charge is -2.30. The van der Waals surface area contributed by atoms with Crippen molar-refractivity contribution < 1.29 is 13.9 Å². The minimum atomic E-state index is -0.443. The van der Waals surface area contributed by atoms with Crippen LogP contribution >= 0.6 is 23.2 Å². The fourth-order valence-corrected chi connectivity index (χ4v) is 4.65. The van der Waals surface area contributed by atoms with Crippen LogP contribution in [0.3, 0.4) is 0 Å². The molecule has 34 heavy (non-hydrogen) atoms. The van der Waals surface area contributed by atoms with E-state index in [0.29, 0.717) is 70.6 Å². The molecule has 0 atom stereocenters. The number of benzene rings is 2. The number of pyridine rings is 1. The first kappa shape index (κ1) is 24.3. The highest BCUT2D eigenvalue weighted by Gasteiger charge is 2.26. The number of methoxy groups -OCH3 is 1. The van der Waals surface area contributed by atoms with Gasteiger partial charge in [-0.25, -0.2) is 9.37 Å². The number of nitrogens with zero attached hydrogens (tertiary/aromatic N) is 2. The van der Waals surface area contributed by atoms with Crippen LogP contribution in [0.25, 0.3) is 11.1 Å². The Morgan fingerprint density at radius 1 is 1.15 bits per heavy atom. The average molecular weight is 503 g/mol. The Bertz CT molecular complexity index is 1200. The molecule has 1 aromatic heterocycles. The molecule has 0 amide bonds. The Morgan fingerprint density at radius 2 is 1.82 bits per heavy atom. The third kappa shape index (κ3) is 5.12. The normalized spacial score (nSPS) is 14.7. The van der Waals surface area contributed by atoms with E-state index in [1.165, 1.54) is 7.11 Å². The van der Waals surface area contributed by atoms with Gasteiger partial charge in [0.1, 0.15) is 0 Å². The molecule has 2 heterocycles. The zero-order valence-electron chi connectivity index (χ0n) is 18.7. The maximum Gasteiger partial charge on any atom is 0.308 e. The molecule has 3 N–H and O–H groups in total. The van der Waals surface area contributed by atoms with E-state index in [-0.39, 0.29) is 17.7 Å². The molecule has 6 nitrogen and oxygen atoms in total. The molecule has 0 spiro atoms. The summed E-state index contributed by atoms with van der Waals surface area (Å²) in [4.78, 5) is 18.0. The van der Waals surface area contributed by atoms with Crippen LogP contribution in [0.15, 0.2) is 48.7 Å². The fourth-order valence-electron chi connectivity index (χ4n) is 4.15. The number of nitrogens with two attached hydrogens (primary N) is 1. The molecule has 9 heteroatoms. The van der Waals surface area contributed by atoms with Gasteiger partial charge in [0.05, 0.1) is 34.4 Å². The first-order chi connectivity index (χ1) is 16.4. The topological polar surface area (TPSA) is 80.5 Å². The molecule has 3 aromatic rings. The molecule has 1 fully saturated rings. The molecule has 0 radical (unpaired) electrons. The summed E-state index contributed by atoms with van der Waals surface area (Å²) >= 11 is 13.0. The summed E-state index contributed by atoms with van der Waals surface area (Å²) < 4.78 is 20.2. The number of ether oxygens (including phenoxy) is 1. The van der Waals surface area contributed by atoms with Crippen LogP contribution in [0, 0.1) is 11.7 Å². The number of piperidine rings is 1. The van der Waals surface area contributed by atoms with E-state index >= 15 is 4.39 Å². The number of carbonyl (C=O) groups is 1. The smallest absolute Gasteiger partial charge is 0.308 e. The zero-order chi connectivity index (χ0) is 24.2. The van der Waals surface area contributed by atoms with Gasteiger partial charge < -0.3 is 15.8 Å². The summed E-state index contributed by atoms with van der Waals surface area (Å²) in [7, 11) is 1.40. The number of anilines is 3. The number of likely N-dealkylation sites (tertiary alicyclic amines) is 1. The summed E-state index contributed by atoms with van der Waals surface area (Å²) in [5.74, 6) is -0.635. The predicted octanol–water partition coefficient (Wildman–Crippen LogP) is 5.91. The van der Waals surface area contributed by atoms with Gasteiger partial charge in [0.2, 0.25) is 0 Å². The van der Waals surface area contributed by atoms with E-state index in [9.17, 15) is 4.79 Å². The first-order valence-electron chi connectivity index (χ1n) is 10.9. The number of nitrogen functional groups attached to an aromatic ring is 1. The standard InChI is InChI=1S/C25H25Cl2FN4O2/c1-34-25(33)15-9-12-32(13-10-15)14-16-8-11-30-24(23(16)28)31-20-7-3-5-18(22(20)27)17-4-2-6-19(29)21(17)26/h2-8,11,15H,9-10,12-14,29H2,1H3,(H,30,31). The molecular weight excluding hydrogens is 478 g/mol. The van der Waals surface area contributed by atoms with Gasteiger partial charge in [0.15, 0.2) is 11.6 Å². The molecular formula is C25H25Cl2FN4O2. The lowest BCUT2D eigenvalue weighted by atomic mass is 9.96. The number of rotatable bonds is 6. The van der Waals surface area contributed by atoms with E-state index in [1.54, 1.807) is 36.5 Å². The number of aromatic nitrogens is 1. The van der Waals surface area contributed by atoms with Crippen molar-refractivity contribution in [2.24, 2.45) is 5.92 Å². The van der Waals surface area contributed by atoms with Gasteiger partial charge in [-0.3, -0.25) is 9.69 Å². The highest BCUT2D eigenvalue weighted by molar-refractivity contribution is 6.39. The van der Waals surface area contributed by atoms with Gasteiger partial charge in [-0.15, -0.1) is 0 Å². The van der Waals surface area contributed by atoms with E-state index < -0.39 is 5.82 Å². The van der Waals surface area contributed by atoms with Crippen molar-refractivity contribution in [3.8, 4) is 11.1 Å². The van der Waals surface area contributed by atoms with Crippen LogP contribution in [0.1, 0.15) is 18.4 Å². The fraction of sp³-hybridized carbons (Fsp3) is 0.280. The molecule has 1 saturated heterocycles. The Morgan fingerprint density at radius 3 is 2.53 bits per heavy atom. The van der Waals surface area contributed by atoms with Gasteiger partial charge in [-0.2, -0.15) is 0 Å². The second kappa shape index (κ2) is 10.6. The number of esters is 1. The summed E-state index contributed by atoms with van der Waals surface area (Å²) in [5.41, 5.74) is 8.76. The molecule has 1 aliphatic rings. The molecule has 2 aromatic carbocycles. The van der Waals surface area contributed by atoms with E-state index in [4.69, 9.17) is 33.7 Å². The highest BCUT2D eigenvalue weighted by Crippen LogP contribution is 2.40. The van der Waals surface area contributed by atoms with Crippen molar-refractivity contribution in [3.63, 3.8) is 0 Å². The number of nitrogens with one attached hydrogen (secondary N) is 1. The first-order valence-corrected chi connectivity index (χ1v) is 11.7. The molecule has 4 rings (SSSR count). The zero-order valence-corrected chi connectivity index (χ0v) is 20.2. The molecule has 0 bridgehead atoms. The quantitative estimate of drug-likeness (QED) is 0.322. The highest BCUT2D eigenvalue weighted by atomic mass is 35.5.